The summed E-state index contributed by atoms with van der Waals surface area (Å²) in [6.45, 7) is 1.83. The summed E-state index contributed by atoms with van der Waals surface area (Å²) in [6.07, 6.45) is 0. The highest BCUT2D eigenvalue weighted by atomic mass is 79.9. The van der Waals surface area contributed by atoms with Crippen molar-refractivity contribution >= 4 is 31.6 Å². The Hall–Kier alpha value is -1.84. The number of nitrogens with zero attached hydrogens (tertiary/aromatic N) is 2. The fourth-order valence-electron chi connectivity index (χ4n) is 1.91. The first-order valence-electron chi connectivity index (χ1n) is 6.12. The van der Waals surface area contributed by atoms with Gasteiger partial charge in [-0.15, -0.1) is 0 Å². The van der Waals surface area contributed by atoms with Crippen molar-refractivity contribution in [2.45, 2.75) is 11.8 Å². The maximum Gasteiger partial charge on any atom is 0.264 e. The lowest BCUT2D eigenvalue weighted by molar-refractivity contribution is 0.594. The standard InChI is InChI=1S/C15H13BrN2O2S/c1-11-9-13(7-8-14(11)16)21(19,20)18(2)15-6-4-3-5-12(15)10-17/h3-9H,1-2H3. The maximum absolute atomic E-state index is 12.7. The highest BCUT2D eigenvalue weighted by Gasteiger charge is 2.23. The third kappa shape index (κ3) is 2.94. The van der Waals surface area contributed by atoms with Crippen molar-refractivity contribution in [3.63, 3.8) is 0 Å². The molecule has 0 saturated heterocycles. The number of sulfonamides is 1. The van der Waals surface area contributed by atoms with Gasteiger partial charge in [0.2, 0.25) is 0 Å². The molecule has 0 radical (unpaired) electrons. The van der Waals surface area contributed by atoms with E-state index in [1.54, 1.807) is 36.4 Å². The second-order valence-corrected chi connectivity index (χ2v) is 7.34. The minimum Gasteiger partial charge on any atom is -0.268 e. The van der Waals surface area contributed by atoms with E-state index >= 15 is 0 Å². The van der Waals surface area contributed by atoms with Gasteiger partial charge in [0.15, 0.2) is 0 Å². The van der Waals surface area contributed by atoms with Crippen LogP contribution in [-0.2, 0) is 10.0 Å². The minimum absolute atomic E-state index is 0.193. The van der Waals surface area contributed by atoms with Crippen molar-refractivity contribution in [2.24, 2.45) is 0 Å². The van der Waals surface area contributed by atoms with E-state index in [1.807, 2.05) is 13.0 Å². The smallest absolute Gasteiger partial charge is 0.264 e. The van der Waals surface area contributed by atoms with Crippen LogP contribution in [0.1, 0.15) is 11.1 Å². The van der Waals surface area contributed by atoms with Crippen LogP contribution in [0.4, 0.5) is 5.69 Å². The normalized spacial score (nSPS) is 11.0. The van der Waals surface area contributed by atoms with E-state index in [-0.39, 0.29) is 4.90 Å². The van der Waals surface area contributed by atoms with Crippen LogP contribution in [0.3, 0.4) is 0 Å². The first kappa shape index (κ1) is 15.5. The van der Waals surface area contributed by atoms with E-state index in [9.17, 15) is 8.42 Å². The van der Waals surface area contributed by atoms with E-state index in [2.05, 4.69) is 15.9 Å². The zero-order valence-electron chi connectivity index (χ0n) is 11.5. The Morgan fingerprint density at radius 1 is 1.19 bits per heavy atom. The van der Waals surface area contributed by atoms with Crippen LogP contribution in [-0.4, -0.2) is 15.5 Å². The average molecular weight is 365 g/mol. The molecular weight excluding hydrogens is 352 g/mol. The quantitative estimate of drug-likeness (QED) is 0.837. The fourth-order valence-corrected chi connectivity index (χ4v) is 3.45. The van der Waals surface area contributed by atoms with Crippen LogP contribution in [0.2, 0.25) is 0 Å². The molecule has 108 valence electrons. The summed E-state index contributed by atoms with van der Waals surface area (Å²) in [5, 5.41) is 9.11. The van der Waals surface area contributed by atoms with Crippen LogP contribution < -0.4 is 4.31 Å². The van der Waals surface area contributed by atoms with Crippen molar-refractivity contribution in [1.82, 2.24) is 0 Å². The molecule has 2 aromatic rings. The summed E-state index contributed by atoms with van der Waals surface area (Å²) in [6, 6.07) is 13.5. The van der Waals surface area contributed by atoms with Gasteiger partial charge in [0.25, 0.3) is 10.0 Å². The second kappa shape index (κ2) is 5.88. The number of hydrogen-bond acceptors (Lipinski definition) is 3. The number of aryl methyl sites for hydroxylation is 1. The number of halogens is 1. The number of anilines is 1. The van der Waals surface area contributed by atoms with E-state index < -0.39 is 10.0 Å². The number of nitriles is 1. The molecule has 0 aromatic heterocycles. The van der Waals surface area contributed by atoms with Gasteiger partial charge in [-0.25, -0.2) is 8.42 Å². The van der Waals surface area contributed by atoms with E-state index in [1.165, 1.54) is 13.1 Å². The lowest BCUT2D eigenvalue weighted by atomic mass is 10.2. The van der Waals surface area contributed by atoms with E-state index in [0.29, 0.717) is 11.3 Å². The maximum atomic E-state index is 12.7. The Morgan fingerprint density at radius 2 is 1.86 bits per heavy atom. The monoisotopic (exact) mass is 364 g/mol. The highest BCUT2D eigenvalue weighted by Crippen LogP contribution is 2.27. The SMILES string of the molecule is Cc1cc(S(=O)(=O)N(C)c2ccccc2C#N)ccc1Br. The molecule has 21 heavy (non-hydrogen) atoms. The molecule has 0 aliphatic carbocycles. The molecule has 4 nitrogen and oxygen atoms in total. The summed E-state index contributed by atoms with van der Waals surface area (Å²) >= 11 is 3.35. The minimum atomic E-state index is -3.70. The Morgan fingerprint density at radius 3 is 2.48 bits per heavy atom. The molecule has 0 fully saturated rings. The first-order chi connectivity index (χ1) is 9.87. The predicted octanol–water partition coefficient (Wildman–Crippen LogP) is 3.45. The van der Waals surface area contributed by atoms with Crippen molar-refractivity contribution in [3.8, 4) is 6.07 Å². The molecule has 0 atom stereocenters. The van der Waals surface area contributed by atoms with Gasteiger partial charge in [0.05, 0.1) is 16.1 Å². The molecule has 0 aliphatic heterocycles. The zero-order valence-corrected chi connectivity index (χ0v) is 13.9. The van der Waals surface area contributed by atoms with E-state index in [4.69, 9.17) is 5.26 Å². The Labute approximate surface area is 132 Å². The van der Waals surface area contributed by atoms with Crippen molar-refractivity contribution < 1.29 is 8.42 Å². The van der Waals surface area contributed by atoms with Gasteiger partial charge in [-0.1, -0.05) is 28.1 Å². The average Bonchev–Trinajstić information content (AvgIpc) is 2.49. The molecule has 0 unspecified atom stereocenters. The predicted molar refractivity (Wildman–Crippen MR) is 85.6 cm³/mol. The Kier molecular flexibility index (Phi) is 4.35. The first-order valence-corrected chi connectivity index (χ1v) is 8.35. The van der Waals surface area contributed by atoms with Crippen LogP contribution in [0.15, 0.2) is 51.8 Å². The van der Waals surface area contributed by atoms with Gasteiger partial charge in [-0.3, -0.25) is 4.31 Å². The van der Waals surface area contributed by atoms with Crippen molar-refractivity contribution in [2.75, 3.05) is 11.4 Å². The summed E-state index contributed by atoms with van der Waals surface area (Å²) in [4.78, 5) is 0.193. The van der Waals surface area contributed by atoms with Gasteiger partial charge >= 0.3 is 0 Å². The van der Waals surface area contributed by atoms with Crippen molar-refractivity contribution in [3.05, 3.63) is 58.1 Å². The summed E-state index contributed by atoms with van der Waals surface area (Å²) < 4.78 is 27.3. The van der Waals surface area contributed by atoms with Gasteiger partial charge in [-0.2, -0.15) is 5.26 Å². The van der Waals surface area contributed by atoms with Gasteiger partial charge < -0.3 is 0 Å². The second-order valence-electron chi connectivity index (χ2n) is 4.51. The van der Waals surface area contributed by atoms with E-state index in [0.717, 1.165) is 14.3 Å². The lowest BCUT2D eigenvalue weighted by Gasteiger charge is -2.20. The largest absolute Gasteiger partial charge is 0.268 e. The molecule has 0 aliphatic rings. The molecule has 0 bridgehead atoms. The van der Waals surface area contributed by atoms with Gasteiger partial charge in [0.1, 0.15) is 6.07 Å². The molecule has 0 amide bonds. The van der Waals surface area contributed by atoms with Crippen LogP contribution in [0, 0.1) is 18.3 Å². The molecule has 2 aromatic carbocycles. The highest BCUT2D eigenvalue weighted by molar-refractivity contribution is 9.10. The summed E-state index contributed by atoms with van der Waals surface area (Å²) in [5.41, 5.74) is 1.51. The van der Waals surface area contributed by atoms with Crippen molar-refractivity contribution in [1.29, 1.82) is 5.26 Å². The number of para-hydroxylation sites is 1. The Bertz CT molecular complexity index is 826. The fraction of sp³-hybridized carbons (Fsp3) is 0.133. The molecule has 0 heterocycles. The summed E-state index contributed by atoms with van der Waals surface area (Å²) in [5.74, 6) is 0. The molecule has 0 saturated carbocycles. The lowest BCUT2D eigenvalue weighted by Crippen LogP contribution is -2.27. The van der Waals surface area contributed by atoms with Crippen LogP contribution in [0.5, 0.6) is 0 Å². The van der Waals surface area contributed by atoms with Crippen LogP contribution >= 0.6 is 15.9 Å². The molecule has 0 spiro atoms. The molecule has 0 N–H and O–H groups in total. The van der Waals surface area contributed by atoms with Gasteiger partial charge in [0, 0.05) is 11.5 Å². The molecule has 6 heteroatoms. The topological polar surface area (TPSA) is 61.2 Å². The molecular formula is C15H13BrN2O2S. The third-order valence-electron chi connectivity index (χ3n) is 3.15. The van der Waals surface area contributed by atoms with Crippen LogP contribution in [0.25, 0.3) is 0 Å². The number of hydrogen-bond donors (Lipinski definition) is 0. The Balaban J connectivity index is 2.53. The number of rotatable bonds is 3. The molecule has 2 rings (SSSR count). The van der Waals surface area contributed by atoms with Gasteiger partial charge in [-0.05, 0) is 42.8 Å². The third-order valence-corrected chi connectivity index (χ3v) is 5.81. The number of benzene rings is 2. The zero-order chi connectivity index (χ0) is 15.6. The summed E-state index contributed by atoms with van der Waals surface area (Å²) in [7, 11) is -2.26.